The molecule has 0 saturated heterocycles. The Bertz CT molecular complexity index is 442. The maximum atomic E-state index is 10.8. The first kappa shape index (κ1) is 7.82. The quantitative estimate of drug-likeness (QED) is 0.794. The van der Waals surface area contributed by atoms with Gasteiger partial charge in [0.15, 0.2) is 0 Å². The van der Waals surface area contributed by atoms with Gasteiger partial charge in [-0.2, -0.15) is 0 Å². The molecule has 0 amide bonds. The van der Waals surface area contributed by atoms with E-state index < -0.39 is 0 Å². The zero-order valence-corrected chi connectivity index (χ0v) is 8.33. The number of nitrogens with one attached hydrogen (secondary N) is 2. The van der Waals surface area contributed by atoms with Crippen LogP contribution in [0.2, 0.25) is 0 Å². The Balaban J connectivity index is 2.50. The Kier molecular flexibility index (Phi) is 1.90. The van der Waals surface area contributed by atoms with E-state index in [9.17, 15) is 4.79 Å². The summed E-state index contributed by atoms with van der Waals surface area (Å²) >= 11 is 4.92. The van der Waals surface area contributed by atoms with Gasteiger partial charge in [0.25, 0.3) is 5.56 Å². The molecular formula is C7H5BrN2OS. The zero-order valence-electron chi connectivity index (χ0n) is 5.93. The first-order valence-electron chi connectivity index (χ1n) is 3.28. The summed E-state index contributed by atoms with van der Waals surface area (Å²) in [5, 5.41) is 7.25. The Labute approximate surface area is 80.6 Å². The highest BCUT2D eigenvalue weighted by atomic mass is 79.9. The van der Waals surface area contributed by atoms with Gasteiger partial charge in [0.1, 0.15) is 0 Å². The van der Waals surface area contributed by atoms with Gasteiger partial charge in [0.2, 0.25) is 0 Å². The molecule has 0 unspecified atom stereocenters. The monoisotopic (exact) mass is 244 g/mol. The normalized spacial score (nSPS) is 10.4. The molecular weight excluding hydrogens is 240 g/mol. The molecule has 0 spiro atoms. The fourth-order valence-corrected chi connectivity index (χ4v) is 2.32. The minimum Gasteiger partial charge on any atom is -0.297 e. The number of aromatic amines is 2. The number of halogens is 1. The van der Waals surface area contributed by atoms with Crippen LogP contribution in [0.25, 0.3) is 10.6 Å². The van der Waals surface area contributed by atoms with Gasteiger partial charge in [0, 0.05) is 15.9 Å². The molecule has 0 aromatic carbocycles. The van der Waals surface area contributed by atoms with E-state index in [-0.39, 0.29) is 5.56 Å². The Morgan fingerprint density at radius 3 is 2.67 bits per heavy atom. The van der Waals surface area contributed by atoms with E-state index in [2.05, 4.69) is 26.1 Å². The summed E-state index contributed by atoms with van der Waals surface area (Å²) in [5.41, 5.74) is 0.727. The van der Waals surface area contributed by atoms with Crippen LogP contribution in [0.3, 0.4) is 0 Å². The van der Waals surface area contributed by atoms with Crippen LogP contribution >= 0.6 is 27.3 Å². The summed E-state index contributed by atoms with van der Waals surface area (Å²) in [6, 6.07) is 3.50. The number of rotatable bonds is 1. The third-order valence-corrected chi connectivity index (χ3v) is 3.15. The van der Waals surface area contributed by atoms with Crippen LogP contribution in [0.1, 0.15) is 0 Å². The van der Waals surface area contributed by atoms with Gasteiger partial charge >= 0.3 is 0 Å². The average Bonchev–Trinajstić information content (AvgIpc) is 2.58. The molecule has 0 saturated carbocycles. The van der Waals surface area contributed by atoms with E-state index in [4.69, 9.17) is 0 Å². The number of thiophene rings is 1. The second-order valence-electron chi connectivity index (χ2n) is 2.30. The lowest BCUT2D eigenvalue weighted by atomic mass is 10.3. The van der Waals surface area contributed by atoms with E-state index in [1.165, 1.54) is 6.07 Å². The lowest BCUT2D eigenvalue weighted by molar-refractivity contribution is 1.06. The van der Waals surface area contributed by atoms with Crippen molar-refractivity contribution in [2.24, 2.45) is 0 Å². The van der Waals surface area contributed by atoms with Crippen LogP contribution in [0.5, 0.6) is 0 Å². The minimum absolute atomic E-state index is 0.102. The third kappa shape index (κ3) is 1.37. The third-order valence-electron chi connectivity index (χ3n) is 1.43. The van der Waals surface area contributed by atoms with E-state index >= 15 is 0 Å². The zero-order chi connectivity index (χ0) is 8.55. The molecule has 3 nitrogen and oxygen atoms in total. The van der Waals surface area contributed by atoms with Gasteiger partial charge in [0.05, 0.1) is 10.6 Å². The SMILES string of the molecule is O=c1cc(-c2cc(Br)cs2)[nH][nH]1. The number of hydrogen-bond acceptors (Lipinski definition) is 2. The Hall–Kier alpha value is -0.810. The largest absolute Gasteiger partial charge is 0.297 e. The van der Waals surface area contributed by atoms with Crippen molar-refractivity contribution in [3.63, 3.8) is 0 Å². The second kappa shape index (κ2) is 2.91. The van der Waals surface area contributed by atoms with Crippen LogP contribution in [0.4, 0.5) is 0 Å². The first-order chi connectivity index (χ1) is 5.75. The fourth-order valence-electron chi connectivity index (χ4n) is 0.919. The molecule has 2 aromatic rings. The fraction of sp³-hybridized carbons (Fsp3) is 0. The first-order valence-corrected chi connectivity index (χ1v) is 4.95. The van der Waals surface area contributed by atoms with Crippen LogP contribution < -0.4 is 5.56 Å². The van der Waals surface area contributed by atoms with Gasteiger partial charge in [-0.1, -0.05) is 0 Å². The topological polar surface area (TPSA) is 48.6 Å². The van der Waals surface area contributed by atoms with Crippen molar-refractivity contribution in [1.82, 2.24) is 10.2 Å². The standard InChI is InChI=1S/C7H5BrN2OS/c8-4-1-6(12-3-4)5-2-7(11)10-9-5/h1-3H,(H2,9,10,11). The average molecular weight is 245 g/mol. The van der Waals surface area contributed by atoms with E-state index in [0.717, 1.165) is 15.0 Å². The summed E-state index contributed by atoms with van der Waals surface area (Å²) in [7, 11) is 0. The van der Waals surface area contributed by atoms with Crippen LogP contribution in [0, 0.1) is 0 Å². The minimum atomic E-state index is -0.102. The van der Waals surface area contributed by atoms with Crippen molar-refractivity contribution in [2.75, 3.05) is 0 Å². The highest BCUT2D eigenvalue weighted by Crippen LogP contribution is 2.27. The number of aromatic nitrogens is 2. The predicted octanol–water partition coefficient (Wildman–Crippen LogP) is 2.19. The van der Waals surface area contributed by atoms with Crippen molar-refractivity contribution in [3.8, 4) is 10.6 Å². The molecule has 12 heavy (non-hydrogen) atoms. The summed E-state index contributed by atoms with van der Waals surface area (Å²) in [6.07, 6.45) is 0. The molecule has 0 aliphatic rings. The second-order valence-corrected chi connectivity index (χ2v) is 4.13. The van der Waals surface area contributed by atoms with Gasteiger partial charge < -0.3 is 0 Å². The number of hydrogen-bond donors (Lipinski definition) is 2. The molecule has 62 valence electrons. The lowest BCUT2D eigenvalue weighted by Gasteiger charge is -1.85. The van der Waals surface area contributed by atoms with Crippen molar-refractivity contribution in [2.45, 2.75) is 0 Å². The molecule has 0 aliphatic carbocycles. The predicted molar refractivity (Wildman–Crippen MR) is 52.4 cm³/mol. The van der Waals surface area contributed by atoms with Crippen molar-refractivity contribution in [3.05, 3.63) is 32.3 Å². The molecule has 2 rings (SSSR count). The van der Waals surface area contributed by atoms with Gasteiger partial charge in [-0.3, -0.25) is 15.0 Å². The lowest BCUT2D eigenvalue weighted by Crippen LogP contribution is -1.93. The van der Waals surface area contributed by atoms with Crippen LogP contribution in [0.15, 0.2) is 26.8 Å². The van der Waals surface area contributed by atoms with Gasteiger partial charge in [-0.05, 0) is 22.0 Å². The Morgan fingerprint density at radius 2 is 2.17 bits per heavy atom. The maximum Gasteiger partial charge on any atom is 0.264 e. The summed E-state index contributed by atoms with van der Waals surface area (Å²) in [4.78, 5) is 11.8. The van der Waals surface area contributed by atoms with Crippen LogP contribution in [-0.4, -0.2) is 10.2 Å². The molecule has 2 N–H and O–H groups in total. The highest BCUT2D eigenvalue weighted by Gasteiger charge is 2.02. The molecule has 2 aromatic heterocycles. The molecule has 0 atom stereocenters. The van der Waals surface area contributed by atoms with Crippen molar-refractivity contribution < 1.29 is 0 Å². The summed E-state index contributed by atoms with van der Waals surface area (Å²) in [6.45, 7) is 0. The molecule has 0 fully saturated rings. The van der Waals surface area contributed by atoms with Crippen molar-refractivity contribution in [1.29, 1.82) is 0 Å². The van der Waals surface area contributed by atoms with E-state index in [0.29, 0.717) is 0 Å². The molecule has 0 radical (unpaired) electrons. The number of H-pyrrole nitrogens is 2. The highest BCUT2D eigenvalue weighted by molar-refractivity contribution is 9.10. The molecule has 5 heteroatoms. The van der Waals surface area contributed by atoms with Crippen molar-refractivity contribution >= 4 is 27.3 Å². The van der Waals surface area contributed by atoms with E-state index in [1.54, 1.807) is 11.3 Å². The Morgan fingerprint density at radius 1 is 1.33 bits per heavy atom. The molecule has 2 heterocycles. The van der Waals surface area contributed by atoms with E-state index in [1.807, 2.05) is 11.4 Å². The van der Waals surface area contributed by atoms with Gasteiger partial charge in [-0.25, -0.2) is 0 Å². The van der Waals surface area contributed by atoms with Crippen LogP contribution in [-0.2, 0) is 0 Å². The summed E-state index contributed by atoms with van der Waals surface area (Å²) in [5.74, 6) is 0. The molecule has 0 bridgehead atoms. The molecule has 0 aliphatic heterocycles. The summed E-state index contributed by atoms with van der Waals surface area (Å²) < 4.78 is 1.03. The maximum absolute atomic E-state index is 10.8. The smallest absolute Gasteiger partial charge is 0.264 e. The van der Waals surface area contributed by atoms with Gasteiger partial charge in [-0.15, -0.1) is 11.3 Å².